The smallest absolute Gasteiger partial charge is 0.253 e. The van der Waals surface area contributed by atoms with Gasteiger partial charge in [0.2, 0.25) is 15.9 Å². The third-order valence-electron chi connectivity index (χ3n) is 3.00. The summed E-state index contributed by atoms with van der Waals surface area (Å²) in [5, 5.41) is 2.87. The first kappa shape index (κ1) is 19.0. The number of sulfonamides is 1. The van der Waals surface area contributed by atoms with E-state index in [-0.39, 0.29) is 27.5 Å². The second-order valence-corrected chi connectivity index (χ2v) is 8.24. The summed E-state index contributed by atoms with van der Waals surface area (Å²) in [5.74, 6) is -0.257. The van der Waals surface area contributed by atoms with Crippen molar-refractivity contribution in [2.75, 3.05) is 30.9 Å². The van der Waals surface area contributed by atoms with Crippen molar-refractivity contribution in [1.29, 1.82) is 0 Å². The molecule has 2 aromatic rings. The maximum Gasteiger partial charge on any atom is 0.253 e. The highest BCUT2D eigenvalue weighted by molar-refractivity contribution is 7.99. The first-order valence-corrected chi connectivity index (χ1v) is 9.43. The molecule has 0 radical (unpaired) electrons. The fourth-order valence-electron chi connectivity index (χ4n) is 1.77. The molecule has 4 N–H and O–H groups in total. The van der Waals surface area contributed by atoms with Gasteiger partial charge < -0.3 is 16.0 Å². The molecule has 0 saturated carbocycles. The van der Waals surface area contributed by atoms with Crippen molar-refractivity contribution in [3.05, 3.63) is 40.7 Å². The van der Waals surface area contributed by atoms with Crippen LogP contribution in [0.2, 0.25) is 0 Å². The lowest BCUT2D eigenvalue weighted by molar-refractivity contribution is -0.113. The number of nitrogen functional groups attached to an aromatic ring is 1. The Bertz CT molecular complexity index is 923. The molecule has 1 heterocycles. The Hall–Kier alpha value is -2.37. The molecule has 0 unspecified atom stereocenters. The van der Waals surface area contributed by atoms with E-state index in [9.17, 15) is 18.0 Å². The largest absolute Gasteiger partial charge is 0.383 e. The van der Waals surface area contributed by atoms with Crippen LogP contribution >= 0.6 is 11.8 Å². The van der Waals surface area contributed by atoms with Gasteiger partial charge in [0, 0.05) is 25.8 Å². The molecule has 1 aromatic heterocycles. The number of carbonyl (C=O) groups excluding carboxylic acids is 1. The summed E-state index contributed by atoms with van der Waals surface area (Å²) in [7, 11) is -0.631. The van der Waals surface area contributed by atoms with E-state index in [1.165, 1.54) is 38.4 Å². The first-order valence-electron chi connectivity index (χ1n) is 7.00. The van der Waals surface area contributed by atoms with Crippen LogP contribution in [0.15, 0.2) is 45.2 Å². The number of aromatic amines is 1. The minimum atomic E-state index is -3.51. The number of nitrogens with two attached hydrogens (primary N) is 1. The summed E-state index contributed by atoms with van der Waals surface area (Å²) in [5.41, 5.74) is 5.52. The molecule has 2 rings (SSSR count). The molecular formula is C14H17N5O4S2. The van der Waals surface area contributed by atoms with Crippen molar-refractivity contribution in [2.45, 2.75) is 10.1 Å². The number of hydrogen-bond acceptors (Lipinski definition) is 7. The summed E-state index contributed by atoms with van der Waals surface area (Å²) in [6.07, 6.45) is 0. The number of anilines is 2. The van der Waals surface area contributed by atoms with Gasteiger partial charge in [-0.1, -0.05) is 11.8 Å². The molecule has 9 nitrogen and oxygen atoms in total. The van der Waals surface area contributed by atoms with Gasteiger partial charge in [0.15, 0.2) is 5.16 Å². The molecule has 11 heteroatoms. The third kappa shape index (κ3) is 5.05. The fraction of sp³-hybridized carbons (Fsp3) is 0.214. The number of H-pyrrole nitrogens is 1. The quantitative estimate of drug-likeness (QED) is 0.483. The second-order valence-electron chi connectivity index (χ2n) is 5.12. The van der Waals surface area contributed by atoms with E-state index in [1.807, 2.05) is 0 Å². The Kier molecular flexibility index (Phi) is 5.82. The molecule has 1 amide bonds. The highest BCUT2D eigenvalue weighted by Crippen LogP contribution is 2.17. The van der Waals surface area contributed by atoms with Crippen LogP contribution in [0.5, 0.6) is 0 Å². The van der Waals surface area contributed by atoms with Crippen LogP contribution in [0.3, 0.4) is 0 Å². The number of nitrogens with one attached hydrogen (secondary N) is 2. The topological polar surface area (TPSA) is 138 Å². The predicted octanol–water partition coefficient (Wildman–Crippen LogP) is 0.333. The van der Waals surface area contributed by atoms with E-state index < -0.39 is 15.6 Å². The molecule has 0 bridgehead atoms. The van der Waals surface area contributed by atoms with E-state index in [1.54, 1.807) is 0 Å². The van der Waals surface area contributed by atoms with Crippen LogP contribution in [0.4, 0.5) is 11.5 Å². The minimum Gasteiger partial charge on any atom is -0.383 e. The zero-order chi connectivity index (χ0) is 18.6. The molecule has 0 fully saturated rings. The fourth-order valence-corrected chi connectivity index (χ4v) is 3.36. The molecule has 134 valence electrons. The van der Waals surface area contributed by atoms with Crippen molar-refractivity contribution in [3.63, 3.8) is 0 Å². The third-order valence-corrected chi connectivity index (χ3v) is 5.70. The molecule has 0 aliphatic heterocycles. The second kappa shape index (κ2) is 7.68. The Morgan fingerprint density at radius 2 is 1.96 bits per heavy atom. The Morgan fingerprint density at radius 3 is 2.52 bits per heavy atom. The van der Waals surface area contributed by atoms with Gasteiger partial charge in [0.25, 0.3) is 5.56 Å². The van der Waals surface area contributed by atoms with Crippen molar-refractivity contribution in [3.8, 4) is 0 Å². The molecule has 0 aliphatic carbocycles. The van der Waals surface area contributed by atoms with Gasteiger partial charge in [-0.05, 0) is 24.3 Å². The number of nitrogens with zero attached hydrogens (tertiary/aromatic N) is 2. The summed E-state index contributed by atoms with van der Waals surface area (Å²) in [6, 6.07) is 6.97. The molecule has 25 heavy (non-hydrogen) atoms. The van der Waals surface area contributed by atoms with Crippen LogP contribution in [0.25, 0.3) is 0 Å². The van der Waals surface area contributed by atoms with Crippen molar-refractivity contribution < 1.29 is 13.2 Å². The maximum atomic E-state index is 12.0. The van der Waals surface area contributed by atoms with Gasteiger partial charge in [-0.15, -0.1) is 0 Å². The lowest BCUT2D eigenvalue weighted by Crippen LogP contribution is -2.22. The van der Waals surface area contributed by atoms with Gasteiger partial charge >= 0.3 is 0 Å². The number of amides is 1. The highest BCUT2D eigenvalue weighted by Gasteiger charge is 2.16. The lowest BCUT2D eigenvalue weighted by atomic mass is 10.3. The van der Waals surface area contributed by atoms with Gasteiger partial charge in [-0.3, -0.25) is 9.59 Å². The molecule has 0 atom stereocenters. The van der Waals surface area contributed by atoms with Crippen LogP contribution in [-0.4, -0.2) is 48.4 Å². The number of carbonyl (C=O) groups is 1. The average molecular weight is 383 g/mol. The predicted molar refractivity (Wildman–Crippen MR) is 95.9 cm³/mol. The summed E-state index contributed by atoms with van der Waals surface area (Å²) < 4.78 is 25.0. The van der Waals surface area contributed by atoms with Gasteiger partial charge in [0.05, 0.1) is 10.6 Å². The molecular weight excluding hydrogens is 366 g/mol. The number of rotatable bonds is 6. The minimum absolute atomic E-state index is 0.00411. The Morgan fingerprint density at radius 1 is 1.32 bits per heavy atom. The Balaban J connectivity index is 1.98. The summed E-state index contributed by atoms with van der Waals surface area (Å²) >= 11 is 1.03. The lowest BCUT2D eigenvalue weighted by Gasteiger charge is -2.12. The summed E-state index contributed by atoms with van der Waals surface area (Å²) in [6.45, 7) is 0. The number of hydrogen-bond donors (Lipinski definition) is 3. The van der Waals surface area contributed by atoms with Gasteiger partial charge in [-0.25, -0.2) is 17.7 Å². The molecule has 0 saturated heterocycles. The number of aromatic nitrogens is 2. The average Bonchev–Trinajstić information content (AvgIpc) is 2.52. The number of benzene rings is 1. The van der Waals surface area contributed by atoms with Crippen molar-refractivity contribution in [1.82, 2.24) is 14.3 Å². The first-order chi connectivity index (χ1) is 11.7. The molecule has 0 aliphatic rings. The normalized spacial score (nSPS) is 11.5. The molecule has 0 spiro atoms. The summed E-state index contributed by atoms with van der Waals surface area (Å²) in [4.78, 5) is 29.7. The monoisotopic (exact) mass is 383 g/mol. The van der Waals surface area contributed by atoms with Crippen molar-refractivity contribution >= 4 is 39.2 Å². The SMILES string of the molecule is CN(C)S(=O)(=O)c1ccc(NC(=O)CSc2nc(N)cc(=O)[nH]2)cc1. The van der Waals surface area contributed by atoms with E-state index in [2.05, 4.69) is 15.3 Å². The number of thioether (sulfide) groups is 1. The zero-order valence-electron chi connectivity index (χ0n) is 13.5. The van der Waals surface area contributed by atoms with Crippen LogP contribution in [0, 0.1) is 0 Å². The van der Waals surface area contributed by atoms with E-state index >= 15 is 0 Å². The van der Waals surface area contributed by atoms with Crippen LogP contribution in [0.1, 0.15) is 0 Å². The van der Waals surface area contributed by atoms with E-state index in [0.717, 1.165) is 22.1 Å². The van der Waals surface area contributed by atoms with Crippen molar-refractivity contribution in [2.24, 2.45) is 0 Å². The van der Waals surface area contributed by atoms with Crippen LogP contribution in [-0.2, 0) is 14.8 Å². The van der Waals surface area contributed by atoms with E-state index in [4.69, 9.17) is 5.73 Å². The Labute approximate surface area is 148 Å². The zero-order valence-corrected chi connectivity index (χ0v) is 15.1. The maximum absolute atomic E-state index is 12.0. The van der Waals surface area contributed by atoms with Gasteiger partial charge in [-0.2, -0.15) is 0 Å². The van der Waals surface area contributed by atoms with Gasteiger partial charge in [0.1, 0.15) is 5.82 Å². The van der Waals surface area contributed by atoms with Crippen LogP contribution < -0.4 is 16.6 Å². The molecule has 1 aromatic carbocycles. The highest BCUT2D eigenvalue weighted by atomic mass is 32.2. The standard InChI is InChI=1S/C14H17N5O4S2/c1-19(2)25(22,23)10-5-3-9(4-6-10)16-13(21)8-24-14-17-11(15)7-12(20)18-14/h3-7H,8H2,1-2H3,(H,16,21)(H3,15,17,18,20). The van der Waals surface area contributed by atoms with E-state index in [0.29, 0.717) is 5.69 Å².